The van der Waals surface area contributed by atoms with Crippen LogP contribution in [0.15, 0.2) is 48.8 Å². The van der Waals surface area contributed by atoms with Crippen molar-refractivity contribution in [3.8, 4) is 0 Å². The first-order chi connectivity index (χ1) is 14.1. The van der Waals surface area contributed by atoms with Crippen molar-refractivity contribution in [2.75, 3.05) is 31.6 Å². The predicted molar refractivity (Wildman–Crippen MR) is 112 cm³/mol. The van der Waals surface area contributed by atoms with Crippen molar-refractivity contribution >= 4 is 17.7 Å². The van der Waals surface area contributed by atoms with E-state index >= 15 is 0 Å². The number of carbonyl (C=O) groups is 2. The molecule has 0 unspecified atom stereocenters. The van der Waals surface area contributed by atoms with Crippen molar-refractivity contribution in [2.24, 2.45) is 0 Å². The summed E-state index contributed by atoms with van der Waals surface area (Å²) in [5.74, 6) is -0.137. The second kappa shape index (κ2) is 9.91. The van der Waals surface area contributed by atoms with E-state index in [1.807, 2.05) is 31.3 Å². The van der Waals surface area contributed by atoms with Gasteiger partial charge in [0.1, 0.15) is 0 Å². The van der Waals surface area contributed by atoms with Crippen LogP contribution in [0.25, 0.3) is 0 Å². The summed E-state index contributed by atoms with van der Waals surface area (Å²) in [4.78, 5) is 32.5. The largest absolute Gasteiger partial charge is 0.450 e. The SMILES string of the molecule is CCOC(=O)N1CCC(NC(=O)c2cncc(N(C)Cc3ccccc3)c2)CC1. The van der Waals surface area contributed by atoms with Gasteiger partial charge in [0.15, 0.2) is 0 Å². The Balaban J connectivity index is 1.55. The number of amides is 2. The molecule has 1 N–H and O–H groups in total. The van der Waals surface area contributed by atoms with E-state index in [1.165, 1.54) is 5.56 Å². The lowest BCUT2D eigenvalue weighted by atomic mass is 10.0. The summed E-state index contributed by atoms with van der Waals surface area (Å²) in [6.07, 6.45) is 4.49. The molecule has 0 saturated carbocycles. The highest BCUT2D eigenvalue weighted by molar-refractivity contribution is 5.95. The zero-order chi connectivity index (χ0) is 20.6. The Bertz CT molecular complexity index is 820. The average Bonchev–Trinajstić information content (AvgIpc) is 2.75. The van der Waals surface area contributed by atoms with Gasteiger partial charge >= 0.3 is 6.09 Å². The molecule has 1 aromatic carbocycles. The van der Waals surface area contributed by atoms with Crippen LogP contribution in [0.4, 0.5) is 10.5 Å². The molecule has 7 heteroatoms. The summed E-state index contributed by atoms with van der Waals surface area (Å²) < 4.78 is 5.03. The second-order valence-corrected chi connectivity index (χ2v) is 7.21. The Hall–Kier alpha value is -3.09. The Morgan fingerprint density at radius 1 is 1.21 bits per heavy atom. The Morgan fingerprint density at radius 3 is 2.62 bits per heavy atom. The number of benzene rings is 1. The van der Waals surface area contributed by atoms with Gasteiger partial charge in [-0.25, -0.2) is 4.79 Å². The zero-order valence-electron chi connectivity index (χ0n) is 17.0. The van der Waals surface area contributed by atoms with Crippen molar-refractivity contribution in [1.29, 1.82) is 0 Å². The van der Waals surface area contributed by atoms with Crippen molar-refractivity contribution in [1.82, 2.24) is 15.2 Å². The van der Waals surface area contributed by atoms with Crippen LogP contribution in [0.5, 0.6) is 0 Å². The van der Waals surface area contributed by atoms with Crippen LogP contribution in [0, 0.1) is 0 Å². The molecule has 0 spiro atoms. The number of pyridine rings is 1. The number of aromatic nitrogens is 1. The summed E-state index contributed by atoms with van der Waals surface area (Å²) in [6.45, 7) is 4.07. The number of hydrogen-bond acceptors (Lipinski definition) is 5. The number of anilines is 1. The maximum Gasteiger partial charge on any atom is 0.409 e. The highest BCUT2D eigenvalue weighted by Crippen LogP contribution is 2.17. The van der Waals surface area contributed by atoms with Gasteiger partial charge in [-0.2, -0.15) is 0 Å². The van der Waals surface area contributed by atoms with Gasteiger partial charge in [0.05, 0.1) is 24.1 Å². The summed E-state index contributed by atoms with van der Waals surface area (Å²) >= 11 is 0. The summed E-state index contributed by atoms with van der Waals surface area (Å²) in [7, 11) is 1.98. The summed E-state index contributed by atoms with van der Waals surface area (Å²) in [6, 6.07) is 12.1. The Labute approximate surface area is 171 Å². The zero-order valence-corrected chi connectivity index (χ0v) is 17.0. The predicted octanol–water partition coefficient (Wildman–Crippen LogP) is 3.07. The van der Waals surface area contributed by atoms with Gasteiger partial charge in [-0.3, -0.25) is 9.78 Å². The lowest BCUT2D eigenvalue weighted by Gasteiger charge is -2.31. The molecular formula is C22H28N4O3. The molecule has 7 nitrogen and oxygen atoms in total. The van der Waals surface area contributed by atoms with E-state index in [0.29, 0.717) is 38.1 Å². The first-order valence-corrected chi connectivity index (χ1v) is 9.99. The van der Waals surface area contributed by atoms with Crippen LogP contribution in [0.3, 0.4) is 0 Å². The average molecular weight is 396 g/mol. The molecule has 0 bridgehead atoms. The fourth-order valence-electron chi connectivity index (χ4n) is 3.40. The van der Waals surface area contributed by atoms with E-state index in [0.717, 1.165) is 12.2 Å². The molecule has 1 saturated heterocycles. The summed E-state index contributed by atoms with van der Waals surface area (Å²) in [5, 5.41) is 3.07. The summed E-state index contributed by atoms with van der Waals surface area (Å²) in [5.41, 5.74) is 2.62. The number of ether oxygens (including phenoxy) is 1. The molecule has 0 radical (unpaired) electrons. The topological polar surface area (TPSA) is 74.8 Å². The minimum atomic E-state index is -0.282. The minimum Gasteiger partial charge on any atom is -0.450 e. The third-order valence-electron chi connectivity index (χ3n) is 5.05. The molecule has 0 atom stereocenters. The molecule has 3 rings (SSSR count). The van der Waals surface area contributed by atoms with E-state index in [4.69, 9.17) is 4.74 Å². The third kappa shape index (κ3) is 5.70. The molecule has 1 aliphatic heterocycles. The second-order valence-electron chi connectivity index (χ2n) is 7.21. The Morgan fingerprint density at radius 2 is 1.93 bits per heavy atom. The molecular weight excluding hydrogens is 368 g/mol. The molecule has 29 heavy (non-hydrogen) atoms. The maximum absolute atomic E-state index is 12.7. The normalized spacial score (nSPS) is 14.3. The third-order valence-corrected chi connectivity index (χ3v) is 5.05. The lowest BCUT2D eigenvalue weighted by molar-refractivity contribution is 0.0860. The van der Waals surface area contributed by atoms with Gasteiger partial charge in [0.2, 0.25) is 0 Å². The molecule has 154 valence electrons. The quantitative estimate of drug-likeness (QED) is 0.812. The molecule has 1 aromatic heterocycles. The first kappa shape index (κ1) is 20.6. The van der Waals surface area contributed by atoms with Gasteiger partial charge in [-0.15, -0.1) is 0 Å². The monoisotopic (exact) mass is 396 g/mol. The van der Waals surface area contributed by atoms with Crippen LogP contribution >= 0.6 is 0 Å². The van der Waals surface area contributed by atoms with E-state index in [-0.39, 0.29) is 18.0 Å². The maximum atomic E-state index is 12.7. The number of carbonyl (C=O) groups excluding carboxylic acids is 2. The smallest absolute Gasteiger partial charge is 0.409 e. The highest BCUT2D eigenvalue weighted by Gasteiger charge is 2.25. The number of hydrogen-bond donors (Lipinski definition) is 1. The fraction of sp³-hybridized carbons (Fsp3) is 0.409. The molecule has 2 heterocycles. The Kier molecular flexibility index (Phi) is 7.05. The van der Waals surface area contributed by atoms with Crippen molar-refractivity contribution in [2.45, 2.75) is 32.4 Å². The van der Waals surface area contributed by atoms with Crippen molar-refractivity contribution < 1.29 is 14.3 Å². The number of piperidine rings is 1. The van der Waals surface area contributed by atoms with E-state index in [2.05, 4.69) is 27.3 Å². The lowest BCUT2D eigenvalue weighted by Crippen LogP contribution is -2.46. The molecule has 2 amide bonds. The van der Waals surface area contributed by atoms with Crippen LogP contribution in [0.1, 0.15) is 35.7 Å². The van der Waals surface area contributed by atoms with E-state index < -0.39 is 0 Å². The van der Waals surface area contributed by atoms with Gasteiger partial charge in [0, 0.05) is 38.9 Å². The van der Waals surface area contributed by atoms with Gasteiger partial charge in [0.25, 0.3) is 5.91 Å². The van der Waals surface area contributed by atoms with E-state index in [9.17, 15) is 9.59 Å². The number of rotatable bonds is 6. The highest BCUT2D eigenvalue weighted by atomic mass is 16.6. The van der Waals surface area contributed by atoms with E-state index in [1.54, 1.807) is 24.2 Å². The first-order valence-electron chi connectivity index (χ1n) is 9.99. The van der Waals surface area contributed by atoms with Crippen LogP contribution in [0.2, 0.25) is 0 Å². The number of nitrogens with zero attached hydrogens (tertiary/aromatic N) is 3. The molecule has 0 aliphatic carbocycles. The van der Waals surface area contributed by atoms with Crippen molar-refractivity contribution in [3.05, 3.63) is 59.9 Å². The molecule has 1 fully saturated rings. The van der Waals surface area contributed by atoms with Crippen LogP contribution in [-0.2, 0) is 11.3 Å². The van der Waals surface area contributed by atoms with Gasteiger partial charge in [-0.1, -0.05) is 30.3 Å². The van der Waals surface area contributed by atoms with Crippen molar-refractivity contribution in [3.63, 3.8) is 0 Å². The number of likely N-dealkylation sites (tertiary alicyclic amines) is 1. The van der Waals surface area contributed by atoms with Crippen LogP contribution in [-0.4, -0.2) is 54.7 Å². The fourth-order valence-corrected chi connectivity index (χ4v) is 3.40. The standard InChI is InChI=1S/C22H28N4O3/c1-3-29-22(28)26-11-9-19(10-12-26)24-21(27)18-13-20(15-23-14-18)25(2)16-17-7-5-4-6-8-17/h4-8,13-15,19H,3,9-12,16H2,1-2H3,(H,24,27). The molecule has 1 aliphatic rings. The minimum absolute atomic E-state index is 0.0406. The van der Waals surface area contributed by atoms with Crippen LogP contribution < -0.4 is 10.2 Å². The number of nitrogens with one attached hydrogen (secondary N) is 1. The molecule has 2 aromatic rings. The van der Waals surface area contributed by atoms with Gasteiger partial charge < -0.3 is 19.9 Å². The van der Waals surface area contributed by atoms with Gasteiger partial charge in [-0.05, 0) is 31.4 Å².